The van der Waals surface area contributed by atoms with Gasteiger partial charge in [-0.15, -0.1) is 11.3 Å². The Morgan fingerprint density at radius 1 is 1.69 bits per heavy atom. The maximum absolute atomic E-state index is 10.5. The maximum atomic E-state index is 10.5. The largest absolute Gasteiger partial charge is 0.481 e. The highest BCUT2D eigenvalue weighted by Gasteiger charge is 2.42. The average molecular weight is 217 g/mol. The second-order valence-corrected chi connectivity index (χ2v) is 5.15. The smallest absolute Gasteiger partial charge is 0.306 e. The van der Waals surface area contributed by atoms with E-state index in [1.54, 1.807) is 11.3 Å². The van der Waals surface area contributed by atoms with Crippen molar-refractivity contribution in [2.45, 2.75) is 12.8 Å². The highest BCUT2D eigenvalue weighted by atomic mass is 35.5. The molecule has 1 saturated carbocycles. The highest BCUT2D eigenvalue weighted by Crippen LogP contribution is 2.42. The molecule has 0 aromatic carbocycles. The van der Waals surface area contributed by atoms with Crippen LogP contribution in [0, 0.1) is 11.8 Å². The molecular formula is C9H9ClO2S. The van der Waals surface area contributed by atoms with Crippen molar-refractivity contribution in [2.24, 2.45) is 11.8 Å². The van der Waals surface area contributed by atoms with E-state index in [9.17, 15) is 4.79 Å². The summed E-state index contributed by atoms with van der Waals surface area (Å²) in [6.07, 6.45) is 1.69. The van der Waals surface area contributed by atoms with Crippen molar-refractivity contribution in [1.82, 2.24) is 0 Å². The van der Waals surface area contributed by atoms with Gasteiger partial charge in [-0.1, -0.05) is 11.6 Å². The third-order valence-corrected chi connectivity index (χ3v) is 3.59. The highest BCUT2D eigenvalue weighted by molar-refractivity contribution is 7.16. The van der Waals surface area contributed by atoms with Gasteiger partial charge in [0.25, 0.3) is 0 Å². The topological polar surface area (TPSA) is 37.3 Å². The summed E-state index contributed by atoms with van der Waals surface area (Å²) in [7, 11) is 0. The van der Waals surface area contributed by atoms with Gasteiger partial charge in [0, 0.05) is 4.88 Å². The van der Waals surface area contributed by atoms with E-state index in [1.807, 2.05) is 12.1 Å². The molecule has 0 saturated heterocycles. The van der Waals surface area contributed by atoms with Crippen LogP contribution in [-0.2, 0) is 11.2 Å². The van der Waals surface area contributed by atoms with Crippen molar-refractivity contribution in [3.8, 4) is 0 Å². The third-order valence-electron chi connectivity index (χ3n) is 2.33. The van der Waals surface area contributed by atoms with Crippen molar-refractivity contribution >= 4 is 28.9 Å². The number of aliphatic carboxylic acids is 1. The second-order valence-electron chi connectivity index (χ2n) is 3.35. The van der Waals surface area contributed by atoms with Crippen molar-refractivity contribution in [2.75, 3.05) is 0 Å². The first-order valence-electron chi connectivity index (χ1n) is 4.14. The van der Waals surface area contributed by atoms with E-state index in [2.05, 4.69) is 0 Å². The maximum Gasteiger partial charge on any atom is 0.306 e. The third kappa shape index (κ3) is 2.03. The molecule has 0 aliphatic heterocycles. The molecule has 2 rings (SSSR count). The van der Waals surface area contributed by atoms with Crippen LogP contribution in [0.2, 0.25) is 4.34 Å². The number of rotatable bonds is 3. The molecule has 1 aromatic heterocycles. The predicted molar refractivity (Wildman–Crippen MR) is 52.3 cm³/mol. The number of thiophene rings is 1. The summed E-state index contributed by atoms with van der Waals surface area (Å²) in [5, 5.41) is 8.68. The Morgan fingerprint density at radius 2 is 2.46 bits per heavy atom. The fourth-order valence-corrected chi connectivity index (χ4v) is 2.68. The lowest BCUT2D eigenvalue weighted by atomic mass is 10.2. The molecule has 1 N–H and O–H groups in total. The fraction of sp³-hybridized carbons (Fsp3) is 0.444. The number of carboxylic acids is 1. The first kappa shape index (κ1) is 9.03. The molecule has 2 nitrogen and oxygen atoms in total. The number of carbonyl (C=O) groups is 1. The lowest BCUT2D eigenvalue weighted by Gasteiger charge is -1.92. The van der Waals surface area contributed by atoms with E-state index in [0.717, 1.165) is 17.2 Å². The van der Waals surface area contributed by atoms with E-state index in [1.165, 1.54) is 4.88 Å². The van der Waals surface area contributed by atoms with Gasteiger partial charge in [0.1, 0.15) is 0 Å². The van der Waals surface area contributed by atoms with Gasteiger partial charge in [0.15, 0.2) is 0 Å². The van der Waals surface area contributed by atoms with Crippen LogP contribution in [0.1, 0.15) is 11.3 Å². The molecule has 0 spiro atoms. The van der Waals surface area contributed by atoms with E-state index < -0.39 is 5.97 Å². The molecule has 0 amide bonds. The van der Waals surface area contributed by atoms with Crippen LogP contribution in [-0.4, -0.2) is 11.1 Å². The summed E-state index contributed by atoms with van der Waals surface area (Å²) in [6, 6.07) is 3.84. The van der Waals surface area contributed by atoms with Crippen LogP contribution in [0.25, 0.3) is 0 Å². The van der Waals surface area contributed by atoms with Gasteiger partial charge < -0.3 is 5.11 Å². The van der Waals surface area contributed by atoms with Gasteiger partial charge in [-0.2, -0.15) is 0 Å². The molecule has 70 valence electrons. The molecule has 0 bridgehead atoms. The van der Waals surface area contributed by atoms with E-state index >= 15 is 0 Å². The Balaban J connectivity index is 1.91. The van der Waals surface area contributed by atoms with Gasteiger partial charge in [0.05, 0.1) is 10.3 Å². The normalized spacial score (nSPS) is 25.9. The Morgan fingerprint density at radius 3 is 2.92 bits per heavy atom. The minimum absolute atomic E-state index is 0.110. The monoisotopic (exact) mass is 216 g/mol. The Hall–Kier alpha value is -0.540. The van der Waals surface area contributed by atoms with E-state index in [-0.39, 0.29) is 5.92 Å². The summed E-state index contributed by atoms with van der Waals surface area (Å²) in [5.74, 6) is -0.430. The first-order chi connectivity index (χ1) is 6.16. The zero-order valence-electron chi connectivity index (χ0n) is 6.87. The molecule has 4 heteroatoms. The van der Waals surface area contributed by atoms with Crippen LogP contribution >= 0.6 is 22.9 Å². The van der Waals surface area contributed by atoms with Gasteiger partial charge in [-0.3, -0.25) is 4.79 Å². The summed E-state index contributed by atoms with van der Waals surface area (Å²) in [5.41, 5.74) is 0. The number of hydrogen-bond donors (Lipinski definition) is 1. The lowest BCUT2D eigenvalue weighted by molar-refractivity contribution is -0.138. The Kier molecular flexibility index (Phi) is 2.30. The van der Waals surface area contributed by atoms with Gasteiger partial charge >= 0.3 is 5.97 Å². The first-order valence-corrected chi connectivity index (χ1v) is 5.33. The summed E-state index contributed by atoms with van der Waals surface area (Å²) in [6.45, 7) is 0. The van der Waals surface area contributed by atoms with Crippen molar-refractivity contribution in [3.63, 3.8) is 0 Å². The molecule has 1 aliphatic rings. The summed E-state index contributed by atoms with van der Waals surface area (Å²) in [4.78, 5) is 11.7. The number of hydrogen-bond acceptors (Lipinski definition) is 2. The van der Waals surface area contributed by atoms with Crippen LogP contribution in [0.4, 0.5) is 0 Å². The minimum Gasteiger partial charge on any atom is -0.481 e. The second kappa shape index (κ2) is 3.31. The number of carboxylic acid groups (broad SMARTS) is 1. The van der Waals surface area contributed by atoms with Gasteiger partial charge in [0.2, 0.25) is 0 Å². The van der Waals surface area contributed by atoms with Crippen molar-refractivity contribution in [1.29, 1.82) is 0 Å². The zero-order chi connectivity index (χ0) is 9.42. The predicted octanol–water partition coefficient (Wildman–Crippen LogP) is 2.66. The molecule has 0 radical (unpaired) electrons. The van der Waals surface area contributed by atoms with Crippen LogP contribution < -0.4 is 0 Å². The standard InChI is InChI=1S/C9H9ClO2S/c10-8-2-1-6(13-8)3-5-4-7(5)9(11)12/h1-2,5,7H,3-4H2,(H,11,12). The molecule has 2 unspecified atom stereocenters. The molecule has 2 atom stereocenters. The Labute approximate surface area is 85.1 Å². The summed E-state index contributed by atoms with van der Waals surface area (Å²) >= 11 is 7.31. The van der Waals surface area contributed by atoms with Crippen LogP contribution in [0.5, 0.6) is 0 Å². The van der Waals surface area contributed by atoms with Crippen molar-refractivity contribution in [3.05, 3.63) is 21.3 Å². The van der Waals surface area contributed by atoms with E-state index in [0.29, 0.717) is 5.92 Å². The van der Waals surface area contributed by atoms with Gasteiger partial charge in [-0.25, -0.2) is 0 Å². The zero-order valence-corrected chi connectivity index (χ0v) is 8.44. The fourth-order valence-electron chi connectivity index (χ4n) is 1.50. The van der Waals surface area contributed by atoms with E-state index in [4.69, 9.17) is 16.7 Å². The van der Waals surface area contributed by atoms with Crippen LogP contribution in [0.3, 0.4) is 0 Å². The molecule has 1 aromatic rings. The van der Waals surface area contributed by atoms with Gasteiger partial charge in [-0.05, 0) is 30.9 Å². The minimum atomic E-state index is -0.660. The SMILES string of the molecule is O=C(O)C1CC1Cc1ccc(Cl)s1. The van der Waals surface area contributed by atoms with Crippen molar-refractivity contribution < 1.29 is 9.90 Å². The molecule has 1 heterocycles. The van der Waals surface area contributed by atoms with Crippen LogP contribution in [0.15, 0.2) is 12.1 Å². The quantitative estimate of drug-likeness (QED) is 0.844. The Bertz CT molecular complexity index is 334. The molecule has 13 heavy (non-hydrogen) atoms. The summed E-state index contributed by atoms with van der Waals surface area (Å²) < 4.78 is 0.780. The molecular weight excluding hydrogens is 208 g/mol. The average Bonchev–Trinajstić information content (AvgIpc) is 2.69. The molecule has 1 aliphatic carbocycles. The lowest BCUT2D eigenvalue weighted by Crippen LogP contribution is -2.00. The number of halogens is 1. The molecule has 1 fully saturated rings.